The summed E-state index contributed by atoms with van der Waals surface area (Å²) in [6.45, 7) is 0. The summed E-state index contributed by atoms with van der Waals surface area (Å²) in [5.41, 5.74) is 1.58. The molecular formula is C15H18N2O2. The lowest BCUT2D eigenvalue weighted by molar-refractivity contribution is -0.122. The zero-order valence-electron chi connectivity index (χ0n) is 10.8. The molecule has 0 spiro atoms. The number of amides is 2. The number of anilines is 2. The molecule has 2 fully saturated rings. The summed E-state index contributed by atoms with van der Waals surface area (Å²) in [5, 5.41) is 5.79. The fourth-order valence-corrected chi connectivity index (χ4v) is 2.14. The summed E-state index contributed by atoms with van der Waals surface area (Å²) >= 11 is 0. The quantitative estimate of drug-likeness (QED) is 0.872. The molecule has 0 atom stereocenters. The minimum absolute atomic E-state index is 0.103. The molecule has 0 bridgehead atoms. The Balaban J connectivity index is 1.55. The van der Waals surface area contributed by atoms with E-state index < -0.39 is 0 Å². The van der Waals surface area contributed by atoms with Crippen molar-refractivity contribution in [3.8, 4) is 0 Å². The maximum absolute atomic E-state index is 11.8. The number of nitrogens with one attached hydrogen (secondary N) is 2. The molecule has 0 heterocycles. The second-order valence-electron chi connectivity index (χ2n) is 5.46. The Morgan fingerprint density at radius 3 is 1.53 bits per heavy atom. The number of benzene rings is 1. The zero-order valence-corrected chi connectivity index (χ0v) is 10.8. The molecule has 0 aliphatic heterocycles. The number of carbonyl (C=O) groups is 2. The van der Waals surface area contributed by atoms with Gasteiger partial charge in [0.25, 0.3) is 0 Å². The van der Waals surface area contributed by atoms with E-state index in [9.17, 15) is 9.59 Å². The fraction of sp³-hybridized carbons (Fsp3) is 0.467. The molecule has 100 valence electrons. The van der Waals surface area contributed by atoms with Crippen molar-refractivity contribution >= 4 is 23.2 Å². The summed E-state index contributed by atoms with van der Waals surface area (Å²) in [7, 11) is 0. The van der Waals surface area contributed by atoms with Gasteiger partial charge in [0.1, 0.15) is 0 Å². The molecular weight excluding hydrogens is 240 g/mol. The molecule has 0 unspecified atom stereocenters. The third-order valence-corrected chi connectivity index (χ3v) is 3.84. The average molecular weight is 258 g/mol. The van der Waals surface area contributed by atoms with Crippen molar-refractivity contribution in [1.29, 1.82) is 0 Å². The van der Waals surface area contributed by atoms with Crippen molar-refractivity contribution in [3.63, 3.8) is 0 Å². The van der Waals surface area contributed by atoms with Crippen molar-refractivity contribution in [2.75, 3.05) is 10.6 Å². The first-order chi connectivity index (χ1) is 9.22. The Hall–Kier alpha value is -1.84. The lowest BCUT2D eigenvalue weighted by Crippen LogP contribution is -2.27. The van der Waals surface area contributed by atoms with Gasteiger partial charge in [-0.2, -0.15) is 0 Å². The van der Waals surface area contributed by atoms with Crippen LogP contribution < -0.4 is 10.6 Å². The highest BCUT2D eigenvalue weighted by molar-refractivity contribution is 5.95. The molecule has 4 nitrogen and oxygen atoms in total. The molecule has 1 aromatic carbocycles. The second-order valence-corrected chi connectivity index (χ2v) is 5.46. The van der Waals surface area contributed by atoms with Crippen LogP contribution in [0, 0.1) is 11.8 Å². The van der Waals surface area contributed by atoms with Gasteiger partial charge in [-0.25, -0.2) is 0 Å². The molecule has 2 aliphatic carbocycles. The molecule has 19 heavy (non-hydrogen) atoms. The number of hydrogen-bond donors (Lipinski definition) is 2. The van der Waals surface area contributed by atoms with Crippen molar-refractivity contribution in [1.82, 2.24) is 0 Å². The maximum Gasteiger partial charge on any atom is 0.227 e. The molecule has 2 aliphatic rings. The van der Waals surface area contributed by atoms with Crippen LogP contribution in [0.4, 0.5) is 11.4 Å². The predicted octanol–water partition coefficient (Wildman–Crippen LogP) is 2.77. The van der Waals surface area contributed by atoms with E-state index in [4.69, 9.17) is 0 Å². The summed E-state index contributed by atoms with van der Waals surface area (Å²) < 4.78 is 0. The van der Waals surface area contributed by atoms with Gasteiger partial charge < -0.3 is 10.6 Å². The maximum atomic E-state index is 11.8. The first kappa shape index (κ1) is 12.2. The van der Waals surface area contributed by atoms with Crippen LogP contribution in [0.25, 0.3) is 0 Å². The van der Waals surface area contributed by atoms with Crippen LogP contribution >= 0.6 is 0 Å². The monoisotopic (exact) mass is 258 g/mol. The second kappa shape index (κ2) is 5.03. The van der Waals surface area contributed by atoms with Crippen molar-refractivity contribution in [3.05, 3.63) is 24.3 Å². The topological polar surface area (TPSA) is 58.2 Å². The van der Waals surface area contributed by atoms with Crippen LogP contribution in [0.5, 0.6) is 0 Å². The summed E-state index contributed by atoms with van der Waals surface area (Å²) in [6, 6.07) is 7.32. The summed E-state index contributed by atoms with van der Waals surface area (Å²) in [5.74, 6) is 0.611. The molecule has 4 heteroatoms. The van der Waals surface area contributed by atoms with Crippen molar-refractivity contribution in [2.45, 2.75) is 32.1 Å². The lowest BCUT2D eigenvalue weighted by Gasteiger charge is -2.24. The smallest absolute Gasteiger partial charge is 0.227 e. The first-order valence-corrected chi connectivity index (χ1v) is 6.94. The normalized spacial score (nSPS) is 18.5. The van der Waals surface area contributed by atoms with Gasteiger partial charge in [-0.3, -0.25) is 9.59 Å². The Bertz CT molecular complexity index is 487. The Labute approximate surface area is 112 Å². The van der Waals surface area contributed by atoms with Crippen LogP contribution in [0.2, 0.25) is 0 Å². The molecule has 0 radical (unpaired) electrons. The highest BCUT2D eigenvalue weighted by Gasteiger charge is 2.29. The van der Waals surface area contributed by atoms with E-state index in [-0.39, 0.29) is 23.7 Å². The van der Waals surface area contributed by atoms with Gasteiger partial charge in [-0.15, -0.1) is 0 Å². The summed E-state index contributed by atoms with van der Waals surface area (Å²) in [4.78, 5) is 23.4. The van der Waals surface area contributed by atoms with E-state index in [1.54, 1.807) is 0 Å². The highest BCUT2D eigenvalue weighted by atomic mass is 16.2. The van der Waals surface area contributed by atoms with Gasteiger partial charge in [0, 0.05) is 23.2 Å². The molecule has 2 amide bonds. The average Bonchev–Trinajstić information content (AvgIpc) is 3.13. The molecule has 2 N–H and O–H groups in total. The molecule has 1 aromatic rings. The minimum Gasteiger partial charge on any atom is -0.326 e. The molecule has 3 rings (SSSR count). The highest BCUT2D eigenvalue weighted by Crippen LogP contribution is 2.30. The van der Waals surface area contributed by atoms with E-state index >= 15 is 0 Å². The molecule has 0 aromatic heterocycles. The lowest BCUT2D eigenvalue weighted by atomic mass is 9.85. The van der Waals surface area contributed by atoms with Crippen molar-refractivity contribution < 1.29 is 9.59 Å². The van der Waals surface area contributed by atoms with Crippen LogP contribution in [-0.2, 0) is 9.59 Å². The summed E-state index contributed by atoms with van der Waals surface area (Å²) in [6.07, 6.45) is 5.16. The van der Waals surface area contributed by atoms with Gasteiger partial charge >= 0.3 is 0 Å². The van der Waals surface area contributed by atoms with E-state index in [1.807, 2.05) is 24.3 Å². The molecule has 0 saturated heterocycles. The number of hydrogen-bond acceptors (Lipinski definition) is 2. The van der Waals surface area contributed by atoms with Crippen molar-refractivity contribution in [2.24, 2.45) is 11.8 Å². The minimum atomic E-state index is 0.103. The van der Waals surface area contributed by atoms with E-state index in [0.29, 0.717) is 0 Å². The largest absolute Gasteiger partial charge is 0.326 e. The van der Waals surface area contributed by atoms with E-state index in [1.165, 1.54) is 0 Å². The third-order valence-electron chi connectivity index (χ3n) is 3.84. The van der Waals surface area contributed by atoms with E-state index in [2.05, 4.69) is 10.6 Å². The Morgan fingerprint density at radius 2 is 1.21 bits per heavy atom. The predicted molar refractivity (Wildman–Crippen MR) is 73.8 cm³/mol. The first-order valence-electron chi connectivity index (χ1n) is 6.94. The zero-order chi connectivity index (χ0) is 13.2. The van der Waals surface area contributed by atoms with Crippen LogP contribution in [0.3, 0.4) is 0 Å². The van der Waals surface area contributed by atoms with Crippen LogP contribution in [0.1, 0.15) is 32.1 Å². The van der Waals surface area contributed by atoms with E-state index in [0.717, 1.165) is 43.5 Å². The third kappa shape index (κ3) is 2.95. The Kier molecular flexibility index (Phi) is 3.23. The fourth-order valence-electron chi connectivity index (χ4n) is 2.14. The van der Waals surface area contributed by atoms with Gasteiger partial charge in [-0.05, 0) is 49.9 Å². The standard InChI is InChI=1S/C15H18N2O2/c18-14(10-2-1-3-10)16-12-6-8-13(9-7-12)17-15(19)11-4-5-11/h6-11H,1-5H2,(H,16,18)(H,17,19). The number of carbonyl (C=O) groups excluding carboxylic acids is 2. The Morgan fingerprint density at radius 1 is 0.789 bits per heavy atom. The van der Waals surface area contributed by atoms with Crippen LogP contribution in [-0.4, -0.2) is 11.8 Å². The molecule has 2 saturated carbocycles. The van der Waals surface area contributed by atoms with Gasteiger partial charge in [-0.1, -0.05) is 6.42 Å². The SMILES string of the molecule is O=C(Nc1ccc(NC(=O)C2CC2)cc1)C1CCC1. The van der Waals surface area contributed by atoms with Gasteiger partial charge in [0.05, 0.1) is 0 Å². The van der Waals surface area contributed by atoms with Gasteiger partial charge in [0.15, 0.2) is 0 Å². The van der Waals surface area contributed by atoms with Gasteiger partial charge in [0.2, 0.25) is 11.8 Å². The number of rotatable bonds is 4. The van der Waals surface area contributed by atoms with Crippen LogP contribution in [0.15, 0.2) is 24.3 Å².